The zero-order valence-electron chi connectivity index (χ0n) is 11.1. The molecule has 1 aliphatic heterocycles. The van der Waals surface area contributed by atoms with Gasteiger partial charge in [-0.15, -0.1) is 0 Å². The summed E-state index contributed by atoms with van der Waals surface area (Å²) in [5.41, 5.74) is 11.3. The van der Waals surface area contributed by atoms with Gasteiger partial charge in [-0.1, -0.05) is 29.3 Å². The summed E-state index contributed by atoms with van der Waals surface area (Å²) >= 11 is 12.2. The van der Waals surface area contributed by atoms with Crippen LogP contribution in [0.1, 0.15) is 19.4 Å². The molecule has 0 unspecified atom stereocenters. The average Bonchev–Trinajstić information content (AvgIpc) is 2.30. The second-order valence-electron chi connectivity index (χ2n) is 4.70. The van der Waals surface area contributed by atoms with Gasteiger partial charge in [0.25, 0.3) is 0 Å². The van der Waals surface area contributed by atoms with Crippen molar-refractivity contribution in [2.45, 2.75) is 26.1 Å². The Labute approximate surface area is 127 Å². The quantitative estimate of drug-likeness (QED) is 0.894. The first-order chi connectivity index (χ1) is 9.31. The molecule has 108 valence electrons. The van der Waals surface area contributed by atoms with Crippen LogP contribution < -0.4 is 11.5 Å². The van der Waals surface area contributed by atoms with E-state index in [0.29, 0.717) is 15.6 Å². The van der Waals surface area contributed by atoms with E-state index in [1.807, 2.05) is 0 Å². The molecule has 6 nitrogen and oxygen atoms in total. The van der Waals surface area contributed by atoms with E-state index >= 15 is 0 Å². The van der Waals surface area contributed by atoms with Crippen molar-refractivity contribution in [2.75, 3.05) is 0 Å². The highest BCUT2D eigenvalue weighted by Gasteiger charge is 2.33. The summed E-state index contributed by atoms with van der Waals surface area (Å²) in [5.74, 6) is 0.244. The number of guanidine groups is 2. The van der Waals surface area contributed by atoms with E-state index in [1.165, 1.54) is 5.06 Å². The summed E-state index contributed by atoms with van der Waals surface area (Å²) in [5, 5.41) is 2.42. The molecule has 2 rings (SSSR count). The fourth-order valence-corrected chi connectivity index (χ4v) is 2.32. The molecule has 0 bridgehead atoms. The number of hydrogen-bond donors (Lipinski definition) is 2. The Kier molecular flexibility index (Phi) is 4.08. The van der Waals surface area contributed by atoms with Gasteiger partial charge in [0.15, 0.2) is 5.66 Å². The molecule has 0 fully saturated rings. The maximum atomic E-state index is 6.09. The molecule has 0 saturated heterocycles. The van der Waals surface area contributed by atoms with Crippen LogP contribution in [0.4, 0.5) is 0 Å². The van der Waals surface area contributed by atoms with Gasteiger partial charge in [0, 0.05) is 15.6 Å². The van der Waals surface area contributed by atoms with Gasteiger partial charge in [-0.3, -0.25) is 4.84 Å². The molecule has 1 aromatic carbocycles. The van der Waals surface area contributed by atoms with Gasteiger partial charge in [0.2, 0.25) is 11.9 Å². The van der Waals surface area contributed by atoms with Gasteiger partial charge in [-0.05, 0) is 26.0 Å². The van der Waals surface area contributed by atoms with Crippen molar-refractivity contribution in [3.05, 3.63) is 33.8 Å². The highest BCUT2D eigenvalue weighted by atomic mass is 35.5. The number of benzene rings is 1. The minimum absolute atomic E-state index is 0.114. The topological polar surface area (TPSA) is 89.2 Å². The van der Waals surface area contributed by atoms with Crippen LogP contribution in [0.15, 0.2) is 28.2 Å². The number of hydrogen-bond acceptors (Lipinski definition) is 6. The summed E-state index contributed by atoms with van der Waals surface area (Å²) in [6.07, 6.45) is 0. The molecular weight excluding hydrogens is 301 g/mol. The fourth-order valence-electron chi connectivity index (χ4n) is 1.82. The first-order valence-corrected chi connectivity index (χ1v) is 6.62. The third-order valence-electron chi connectivity index (χ3n) is 2.72. The van der Waals surface area contributed by atoms with Crippen molar-refractivity contribution in [3.8, 4) is 0 Å². The predicted octanol–water partition coefficient (Wildman–Crippen LogP) is 2.11. The van der Waals surface area contributed by atoms with Crippen LogP contribution in [0.3, 0.4) is 0 Å². The maximum absolute atomic E-state index is 6.09. The van der Waals surface area contributed by atoms with Crippen LogP contribution in [0, 0.1) is 0 Å². The fraction of sp³-hybridized carbons (Fsp3) is 0.333. The van der Waals surface area contributed by atoms with Crippen molar-refractivity contribution in [1.82, 2.24) is 5.06 Å². The maximum Gasteiger partial charge on any atom is 0.226 e. The summed E-state index contributed by atoms with van der Waals surface area (Å²) in [6, 6.07) is 5.24. The molecule has 0 radical (unpaired) electrons. The van der Waals surface area contributed by atoms with E-state index < -0.39 is 5.66 Å². The van der Waals surface area contributed by atoms with Crippen LogP contribution in [0.25, 0.3) is 0 Å². The second kappa shape index (κ2) is 5.47. The summed E-state index contributed by atoms with van der Waals surface area (Å²) in [4.78, 5) is 13.7. The SMILES string of the molecule is CC1(C)N=C(N)N=C(N)N1OCc1c(Cl)cccc1Cl. The van der Waals surface area contributed by atoms with Crippen LogP contribution in [0.2, 0.25) is 10.0 Å². The molecule has 1 aromatic rings. The van der Waals surface area contributed by atoms with Crippen molar-refractivity contribution < 1.29 is 4.84 Å². The molecule has 0 atom stereocenters. The highest BCUT2D eigenvalue weighted by molar-refractivity contribution is 6.35. The van der Waals surface area contributed by atoms with E-state index in [9.17, 15) is 0 Å². The molecule has 4 N–H and O–H groups in total. The van der Waals surface area contributed by atoms with E-state index in [4.69, 9.17) is 39.5 Å². The number of nitrogens with two attached hydrogens (primary N) is 2. The molecule has 0 spiro atoms. The lowest BCUT2D eigenvalue weighted by molar-refractivity contribution is -0.166. The summed E-state index contributed by atoms with van der Waals surface area (Å²) in [7, 11) is 0. The van der Waals surface area contributed by atoms with Gasteiger partial charge in [0.1, 0.15) is 6.61 Å². The monoisotopic (exact) mass is 315 g/mol. The van der Waals surface area contributed by atoms with Crippen LogP contribution in [-0.4, -0.2) is 22.6 Å². The molecule has 8 heteroatoms. The largest absolute Gasteiger partial charge is 0.368 e. The minimum atomic E-state index is -0.760. The van der Waals surface area contributed by atoms with Crippen LogP contribution >= 0.6 is 23.2 Å². The van der Waals surface area contributed by atoms with Crippen molar-refractivity contribution >= 4 is 35.1 Å². The first-order valence-electron chi connectivity index (χ1n) is 5.87. The highest BCUT2D eigenvalue weighted by Crippen LogP contribution is 2.27. The Balaban J connectivity index is 2.17. The van der Waals surface area contributed by atoms with Crippen molar-refractivity contribution in [3.63, 3.8) is 0 Å². The van der Waals surface area contributed by atoms with Crippen molar-refractivity contribution in [1.29, 1.82) is 0 Å². The van der Waals surface area contributed by atoms with Crippen LogP contribution in [0.5, 0.6) is 0 Å². The lowest BCUT2D eigenvalue weighted by Crippen LogP contribution is -2.53. The lowest BCUT2D eigenvalue weighted by Gasteiger charge is -2.36. The van der Waals surface area contributed by atoms with Gasteiger partial charge in [0.05, 0.1) is 0 Å². The molecule has 1 aliphatic rings. The Morgan fingerprint density at radius 1 is 1.25 bits per heavy atom. The molecule has 0 aliphatic carbocycles. The lowest BCUT2D eigenvalue weighted by atomic mass is 10.2. The van der Waals surface area contributed by atoms with Gasteiger partial charge in [-0.2, -0.15) is 10.1 Å². The van der Waals surface area contributed by atoms with Gasteiger partial charge < -0.3 is 11.5 Å². The summed E-state index contributed by atoms with van der Waals surface area (Å²) in [6.45, 7) is 3.75. The van der Waals surface area contributed by atoms with Crippen LogP contribution in [-0.2, 0) is 11.4 Å². The van der Waals surface area contributed by atoms with E-state index in [-0.39, 0.29) is 18.5 Å². The van der Waals surface area contributed by atoms with Gasteiger partial charge in [-0.25, -0.2) is 4.99 Å². The Hall–Kier alpha value is -1.50. The molecule has 20 heavy (non-hydrogen) atoms. The Morgan fingerprint density at radius 3 is 2.40 bits per heavy atom. The zero-order chi connectivity index (χ0) is 14.9. The Morgan fingerprint density at radius 2 is 1.85 bits per heavy atom. The standard InChI is InChI=1S/C12H15Cl2N5O/c1-12(2)18-10(15)17-11(16)19(12)20-6-7-8(13)4-3-5-9(7)14/h3-5H,6H2,1-2H3,(H4,15,16,17,18). The number of hydroxylamine groups is 2. The third kappa shape index (κ3) is 2.98. The average molecular weight is 316 g/mol. The zero-order valence-corrected chi connectivity index (χ0v) is 12.6. The normalized spacial score (nSPS) is 17.7. The van der Waals surface area contributed by atoms with Gasteiger partial charge >= 0.3 is 0 Å². The van der Waals surface area contributed by atoms with Crippen molar-refractivity contribution in [2.24, 2.45) is 21.5 Å². The molecular formula is C12H15Cl2N5O. The third-order valence-corrected chi connectivity index (χ3v) is 3.43. The second-order valence-corrected chi connectivity index (χ2v) is 5.52. The molecule has 0 saturated carbocycles. The first kappa shape index (κ1) is 14.9. The Bertz CT molecular complexity index is 565. The minimum Gasteiger partial charge on any atom is -0.368 e. The molecule has 1 heterocycles. The van der Waals surface area contributed by atoms with E-state index in [0.717, 1.165) is 0 Å². The number of halogens is 2. The molecule has 0 amide bonds. The number of rotatable bonds is 3. The number of aliphatic imine (C=N–C) groups is 2. The number of nitrogens with zero attached hydrogens (tertiary/aromatic N) is 3. The predicted molar refractivity (Wildman–Crippen MR) is 80.4 cm³/mol. The van der Waals surface area contributed by atoms with E-state index in [2.05, 4.69) is 9.98 Å². The smallest absolute Gasteiger partial charge is 0.226 e. The molecule has 0 aromatic heterocycles. The summed E-state index contributed by atoms with van der Waals surface area (Å²) < 4.78 is 0. The van der Waals surface area contributed by atoms with E-state index in [1.54, 1.807) is 32.0 Å².